The maximum atomic E-state index is 10.9. The Morgan fingerprint density at radius 2 is 1.79 bits per heavy atom. The Balaban J connectivity index is 1.78. The predicted octanol–water partition coefficient (Wildman–Crippen LogP) is 4.18. The first kappa shape index (κ1) is 15.6. The number of carboxylic acids is 1. The van der Waals surface area contributed by atoms with Gasteiger partial charge < -0.3 is 15.2 Å². The van der Waals surface area contributed by atoms with Crippen LogP contribution < -0.4 is 10.4 Å². The highest BCUT2D eigenvalue weighted by molar-refractivity contribution is 6.36. The molecular formula is C19H14Cl2NO2-. The van der Waals surface area contributed by atoms with Crippen LogP contribution in [0.25, 0.3) is 0 Å². The average Bonchev–Trinajstić information content (AvgIpc) is 3.07. The largest absolute Gasteiger partial charge is 0.545 e. The van der Waals surface area contributed by atoms with E-state index in [1.165, 1.54) is 0 Å². The lowest BCUT2D eigenvalue weighted by atomic mass is 9.77. The number of carbonyl (C=O) groups excluding carboxylic acids is 1. The zero-order valence-corrected chi connectivity index (χ0v) is 14.1. The molecule has 1 heterocycles. The van der Waals surface area contributed by atoms with Gasteiger partial charge in [0.1, 0.15) is 0 Å². The molecule has 1 aliphatic heterocycles. The normalized spacial score (nSPS) is 24.2. The minimum absolute atomic E-state index is 0.0456. The smallest absolute Gasteiger partial charge is 0.0715 e. The van der Waals surface area contributed by atoms with Crippen LogP contribution in [0.2, 0.25) is 10.0 Å². The maximum absolute atomic E-state index is 10.9. The molecule has 0 amide bonds. The fourth-order valence-corrected chi connectivity index (χ4v) is 4.29. The molecule has 4 rings (SSSR count). The van der Waals surface area contributed by atoms with Crippen molar-refractivity contribution in [1.29, 1.82) is 0 Å². The van der Waals surface area contributed by atoms with Crippen molar-refractivity contribution < 1.29 is 9.90 Å². The lowest BCUT2D eigenvalue weighted by Crippen LogP contribution is -2.29. The van der Waals surface area contributed by atoms with Crippen LogP contribution in [-0.4, -0.2) is 5.97 Å². The van der Waals surface area contributed by atoms with E-state index in [9.17, 15) is 9.90 Å². The zero-order chi connectivity index (χ0) is 16.8. The number of fused-ring (bicyclic) bond motifs is 3. The van der Waals surface area contributed by atoms with Gasteiger partial charge in [0.25, 0.3) is 0 Å². The second kappa shape index (κ2) is 5.83. The van der Waals surface area contributed by atoms with Gasteiger partial charge in [-0.25, -0.2) is 0 Å². The van der Waals surface area contributed by atoms with Crippen molar-refractivity contribution in [2.45, 2.75) is 18.4 Å². The van der Waals surface area contributed by atoms with Crippen LogP contribution in [-0.2, 0) is 0 Å². The quantitative estimate of drug-likeness (QED) is 0.819. The first-order chi connectivity index (χ1) is 11.6. The SMILES string of the molecule is O=C([O-])c1ccc([C@H]2Nc3c(Cl)ccc(Cl)c3[C@H]3C=CC[C@H]32)cc1. The molecule has 0 unspecified atom stereocenters. The van der Waals surface area contributed by atoms with Crippen LogP contribution in [0.1, 0.15) is 39.9 Å². The highest BCUT2D eigenvalue weighted by atomic mass is 35.5. The van der Waals surface area contributed by atoms with Gasteiger partial charge in [-0.15, -0.1) is 0 Å². The number of anilines is 1. The third-order valence-corrected chi connectivity index (χ3v) is 5.57. The standard InChI is InChI=1S/C19H15Cl2NO2/c20-14-8-9-15(21)18-16(14)12-2-1-3-13(12)17(22-18)10-4-6-11(7-5-10)19(23)24/h1-2,4-9,12-13,17,22H,3H2,(H,23,24)/p-1/t12-,13+,17+/m0/s1. The van der Waals surface area contributed by atoms with E-state index in [-0.39, 0.29) is 17.5 Å². The van der Waals surface area contributed by atoms with Crippen molar-refractivity contribution in [3.8, 4) is 0 Å². The average molecular weight is 359 g/mol. The lowest BCUT2D eigenvalue weighted by molar-refractivity contribution is -0.255. The molecule has 0 saturated heterocycles. The number of nitrogens with one attached hydrogen (secondary N) is 1. The summed E-state index contributed by atoms with van der Waals surface area (Å²) in [6, 6.07) is 10.5. The monoisotopic (exact) mass is 358 g/mol. The molecule has 0 fully saturated rings. The highest BCUT2D eigenvalue weighted by Crippen LogP contribution is 2.53. The van der Waals surface area contributed by atoms with Gasteiger partial charge in [-0.3, -0.25) is 0 Å². The molecule has 0 bridgehead atoms. The molecule has 2 aromatic rings. The summed E-state index contributed by atoms with van der Waals surface area (Å²) in [6.45, 7) is 0. The molecule has 3 nitrogen and oxygen atoms in total. The van der Waals surface area contributed by atoms with E-state index < -0.39 is 5.97 Å². The van der Waals surface area contributed by atoms with Crippen LogP contribution in [0.4, 0.5) is 5.69 Å². The van der Waals surface area contributed by atoms with E-state index in [1.54, 1.807) is 18.2 Å². The van der Waals surface area contributed by atoms with E-state index in [0.29, 0.717) is 16.0 Å². The second-order valence-corrected chi connectivity index (χ2v) is 7.02. The Morgan fingerprint density at radius 1 is 1.08 bits per heavy atom. The topological polar surface area (TPSA) is 52.2 Å². The molecule has 24 heavy (non-hydrogen) atoms. The summed E-state index contributed by atoms with van der Waals surface area (Å²) in [5.74, 6) is -0.640. The van der Waals surface area contributed by atoms with Crippen LogP contribution in [0, 0.1) is 5.92 Å². The molecule has 5 heteroatoms. The van der Waals surface area contributed by atoms with Crippen molar-refractivity contribution in [1.82, 2.24) is 0 Å². The van der Waals surface area contributed by atoms with Gasteiger partial charge >= 0.3 is 0 Å². The first-order valence-electron chi connectivity index (χ1n) is 7.78. The van der Waals surface area contributed by atoms with Gasteiger partial charge in [0.2, 0.25) is 0 Å². The summed E-state index contributed by atoms with van der Waals surface area (Å²) < 4.78 is 0. The van der Waals surface area contributed by atoms with Gasteiger partial charge in [0.15, 0.2) is 0 Å². The maximum Gasteiger partial charge on any atom is 0.0715 e. The minimum atomic E-state index is -1.17. The minimum Gasteiger partial charge on any atom is -0.545 e. The lowest BCUT2D eigenvalue weighted by Gasteiger charge is -2.38. The van der Waals surface area contributed by atoms with E-state index in [2.05, 4.69) is 17.5 Å². The number of halogens is 2. The first-order valence-corrected chi connectivity index (χ1v) is 8.54. The Morgan fingerprint density at radius 3 is 2.50 bits per heavy atom. The van der Waals surface area contributed by atoms with Crippen molar-refractivity contribution >= 4 is 34.9 Å². The number of carboxylic acid groups (broad SMARTS) is 1. The third-order valence-electron chi connectivity index (χ3n) is 4.92. The summed E-state index contributed by atoms with van der Waals surface area (Å²) in [5.41, 5.74) is 3.12. The number of hydrogen-bond acceptors (Lipinski definition) is 3. The van der Waals surface area contributed by atoms with Gasteiger partial charge in [-0.2, -0.15) is 0 Å². The van der Waals surface area contributed by atoms with E-state index >= 15 is 0 Å². The highest BCUT2D eigenvalue weighted by Gasteiger charge is 2.39. The third kappa shape index (κ3) is 2.40. The number of allylic oxidation sites excluding steroid dienone is 2. The zero-order valence-electron chi connectivity index (χ0n) is 12.6. The van der Waals surface area contributed by atoms with Gasteiger partial charge in [0, 0.05) is 16.5 Å². The predicted molar refractivity (Wildman–Crippen MR) is 93.6 cm³/mol. The Bertz CT molecular complexity index is 845. The molecule has 2 aromatic carbocycles. The van der Waals surface area contributed by atoms with Crippen molar-refractivity contribution in [3.05, 3.63) is 75.3 Å². The number of rotatable bonds is 2. The van der Waals surface area contributed by atoms with Crippen LogP contribution in [0.3, 0.4) is 0 Å². The summed E-state index contributed by atoms with van der Waals surface area (Å²) in [6.07, 6.45) is 5.30. The molecule has 1 N–H and O–H groups in total. The molecule has 0 aromatic heterocycles. The van der Waals surface area contributed by atoms with Crippen molar-refractivity contribution in [3.63, 3.8) is 0 Å². The molecule has 122 valence electrons. The van der Waals surface area contributed by atoms with Crippen LogP contribution in [0.5, 0.6) is 0 Å². The Hall–Kier alpha value is -1.97. The number of benzene rings is 2. The summed E-state index contributed by atoms with van der Waals surface area (Å²) in [4.78, 5) is 10.9. The van der Waals surface area contributed by atoms with E-state index in [1.807, 2.05) is 18.2 Å². The van der Waals surface area contributed by atoms with Crippen LogP contribution in [0.15, 0.2) is 48.6 Å². The summed E-state index contributed by atoms with van der Waals surface area (Å²) in [7, 11) is 0. The molecule has 1 aliphatic carbocycles. The second-order valence-electron chi connectivity index (χ2n) is 6.20. The fraction of sp³-hybridized carbons (Fsp3) is 0.211. The molecule has 2 aliphatic rings. The molecule has 0 saturated carbocycles. The molecule has 0 spiro atoms. The van der Waals surface area contributed by atoms with Gasteiger partial charge in [-0.05, 0) is 35.6 Å². The summed E-state index contributed by atoms with van der Waals surface area (Å²) >= 11 is 12.8. The fourth-order valence-electron chi connectivity index (χ4n) is 3.79. The Kier molecular flexibility index (Phi) is 3.78. The van der Waals surface area contributed by atoms with E-state index in [0.717, 1.165) is 23.2 Å². The molecular weight excluding hydrogens is 345 g/mol. The molecule has 0 radical (unpaired) electrons. The number of aromatic carboxylic acids is 1. The number of carbonyl (C=O) groups is 1. The van der Waals surface area contributed by atoms with Gasteiger partial charge in [0.05, 0.1) is 22.7 Å². The summed E-state index contributed by atoms with van der Waals surface area (Å²) in [5, 5.41) is 15.8. The van der Waals surface area contributed by atoms with Crippen LogP contribution >= 0.6 is 23.2 Å². The number of hydrogen-bond donors (Lipinski definition) is 1. The Labute approximate surface area is 149 Å². The van der Waals surface area contributed by atoms with Crippen molar-refractivity contribution in [2.24, 2.45) is 5.92 Å². The molecule has 3 atom stereocenters. The van der Waals surface area contributed by atoms with Crippen molar-refractivity contribution in [2.75, 3.05) is 5.32 Å². The van der Waals surface area contributed by atoms with E-state index in [4.69, 9.17) is 23.2 Å². The van der Waals surface area contributed by atoms with Gasteiger partial charge in [-0.1, -0.05) is 59.6 Å².